The lowest BCUT2D eigenvalue weighted by molar-refractivity contribution is 0.252. The molecule has 0 radical (unpaired) electrons. The summed E-state index contributed by atoms with van der Waals surface area (Å²) in [4.78, 5) is 2.44. The molecule has 0 unspecified atom stereocenters. The minimum atomic E-state index is 0.0724. The lowest BCUT2D eigenvalue weighted by Gasteiger charge is -2.37. The molecule has 0 atom stereocenters. The van der Waals surface area contributed by atoms with Gasteiger partial charge in [-0.3, -0.25) is 4.90 Å². The molecule has 1 aromatic rings. The highest BCUT2D eigenvalue weighted by Crippen LogP contribution is 2.30. The van der Waals surface area contributed by atoms with Gasteiger partial charge in [-0.15, -0.1) is 0 Å². The number of benzene rings is 1. The Balaban J connectivity index is 2.17. The summed E-state index contributed by atoms with van der Waals surface area (Å²) in [7, 11) is 1.58. The van der Waals surface area contributed by atoms with Crippen molar-refractivity contribution in [3.8, 4) is 5.75 Å². The van der Waals surface area contributed by atoms with Crippen LogP contribution >= 0.6 is 11.8 Å². The van der Waals surface area contributed by atoms with E-state index in [1.165, 1.54) is 0 Å². The van der Waals surface area contributed by atoms with E-state index in [1.54, 1.807) is 7.11 Å². The molecule has 0 spiro atoms. The molecule has 1 saturated heterocycles. The molecule has 5 nitrogen and oxygen atoms in total. The van der Waals surface area contributed by atoms with Crippen LogP contribution in [-0.2, 0) is 6.54 Å². The standard InChI is InChI=1S/C15H23N3O2S/c1-15(2)10-18(6-7-21-15)9-11-4-5-13(20-3)12(8-11)14(16)17-19/h4-5,8,19H,6-7,9-10H2,1-3H3,(H2,16,17). The maximum absolute atomic E-state index is 8.88. The van der Waals surface area contributed by atoms with Gasteiger partial charge in [0, 0.05) is 30.1 Å². The summed E-state index contributed by atoms with van der Waals surface area (Å²) in [6, 6.07) is 5.83. The van der Waals surface area contributed by atoms with Crippen molar-refractivity contribution in [2.45, 2.75) is 25.1 Å². The Morgan fingerprint density at radius 2 is 2.29 bits per heavy atom. The summed E-state index contributed by atoms with van der Waals surface area (Å²) in [6.07, 6.45) is 0. The van der Waals surface area contributed by atoms with Crippen LogP contribution in [0.4, 0.5) is 0 Å². The second-order valence-corrected chi connectivity index (χ2v) is 7.64. The first-order chi connectivity index (χ1) is 9.95. The Kier molecular flexibility index (Phi) is 5.00. The zero-order valence-corrected chi connectivity index (χ0v) is 13.6. The first-order valence-electron chi connectivity index (χ1n) is 6.96. The van der Waals surface area contributed by atoms with E-state index in [-0.39, 0.29) is 5.84 Å². The molecule has 6 heteroatoms. The highest BCUT2D eigenvalue weighted by molar-refractivity contribution is 8.00. The van der Waals surface area contributed by atoms with Gasteiger partial charge in [-0.05, 0) is 31.5 Å². The van der Waals surface area contributed by atoms with Crippen LogP contribution in [0.5, 0.6) is 5.75 Å². The molecule has 1 aliphatic rings. The Morgan fingerprint density at radius 3 is 2.90 bits per heavy atom. The molecule has 2 rings (SSSR count). The van der Waals surface area contributed by atoms with E-state index in [2.05, 4.69) is 23.9 Å². The normalized spacial score (nSPS) is 19.5. The number of oxime groups is 1. The quantitative estimate of drug-likeness (QED) is 0.386. The van der Waals surface area contributed by atoms with Crippen LogP contribution in [-0.4, -0.2) is 46.6 Å². The summed E-state index contributed by atoms with van der Waals surface area (Å²) >= 11 is 2.02. The fourth-order valence-electron chi connectivity index (χ4n) is 2.61. The molecule has 0 aromatic heterocycles. The molecule has 0 aliphatic carbocycles. The minimum absolute atomic E-state index is 0.0724. The number of thioether (sulfide) groups is 1. The van der Waals surface area contributed by atoms with E-state index in [4.69, 9.17) is 15.7 Å². The van der Waals surface area contributed by atoms with E-state index in [1.807, 2.05) is 30.0 Å². The number of ether oxygens (including phenoxy) is 1. The molecule has 21 heavy (non-hydrogen) atoms. The monoisotopic (exact) mass is 309 g/mol. The van der Waals surface area contributed by atoms with Crippen LogP contribution in [0.2, 0.25) is 0 Å². The van der Waals surface area contributed by atoms with Crippen molar-refractivity contribution >= 4 is 17.6 Å². The predicted molar refractivity (Wildman–Crippen MR) is 87.3 cm³/mol. The lowest BCUT2D eigenvalue weighted by Crippen LogP contribution is -2.42. The number of methoxy groups -OCH3 is 1. The van der Waals surface area contributed by atoms with E-state index >= 15 is 0 Å². The second kappa shape index (κ2) is 6.58. The molecule has 1 fully saturated rings. The number of nitrogens with two attached hydrogens (primary N) is 1. The zero-order chi connectivity index (χ0) is 15.5. The van der Waals surface area contributed by atoms with E-state index in [0.29, 0.717) is 16.1 Å². The van der Waals surface area contributed by atoms with Crippen LogP contribution in [0.25, 0.3) is 0 Å². The minimum Gasteiger partial charge on any atom is -0.496 e. The van der Waals surface area contributed by atoms with E-state index < -0.39 is 0 Å². The van der Waals surface area contributed by atoms with Crippen molar-refractivity contribution in [1.29, 1.82) is 0 Å². The van der Waals surface area contributed by atoms with Crippen LogP contribution in [0.1, 0.15) is 25.0 Å². The molecule has 1 aromatic carbocycles. The summed E-state index contributed by atoms with van der Waals surface area (Å²) in [6.45, 7) is 7.56. The summed E-state index contributed by atoms with van der Waals surface area (Å²) in [5.41, 5.74) is 7.49. The van der Waals surface area contributed by atoms with Crippen molar-refractivity contribution in [3.63, 3.8) is 0 Å². The molecular formula is C15H23N3O2S. The van der Waals surface area contributed by atoms with Crippen molar-refractivity contribution in [1.82, 2.24) is 4.90 Å². The molecular weight excluding hydrogens is 286 g/mol. The highest BCUT2D eigenvalue weighted by atomic mass is 32.2. The summed E-state index contributed by atoms with van der Waals surface area (Å²) in [5, 5.41) is 12.0. The average molecular weight is 309 g/mol. The Morgan fingerprint density at radius 1 is 1.52 bits per heavy atom. The topological polar surface area (TPSA) is 71.1 Å². The third kappa shape index (κ3) is 4.04. The number of amidine groups is 1. The molecule has 116 valence electrons. The Hall–Kier alpha value is -1.40. The summed E-state index contributed by atoms with van der Waals surface area (Å²) < 4.78 is 5.55. The van der Waals surface area contributed by atoms with Gasteiger partial charge in [-0.2, -0.15) is 11.8 Å². The Labute approximate surface area is 130 Å². The van der Waals surface area contributed by atoms with Crippen molar-refractivity contribution in [3.05, 3.63) is 29.3 Å². The van der Waals surface area contributed by atoms with Crippen LogP contribution in [0, 0.1) is 0 Å². The largest absolute Gasteiger partial charge is 0.496 e. The Bertz CT molecular complexity index is 532. The van der Waals surface area contributed by atoms with Crippen LogP contribution in [0.3, 0.4) is 0 Å². The number of nitrogens with zero attached hydrogens (tertiary/aromatic N) is 2. The van der Waals surface area contributed by atoms with Gasteiger partial charge in [0.15, 0.2) is 5.84 Å². The van der Waals surface area contributed by atoms with E-state index in [0.717, 1.165) is 31.0 Å². The smallest absolute Gasteiger partial charge is 0.173 e. The number of hydrogen-bond donors (Lipinski definition) is 2. The van der Waals surface area contributed by atoms with E-state index in [9.17, 15) is 0 Å². The van der Waals surface area contributed by atoms with Crippen molar-refractivity contribution in [2.75, 3.05) is 26.0 Å². The second-order valence-electron chi connectivity index (χ2n) is 5.84. The first kappa shape index (κ1) is 16.0. The zero-order valence-electron chi connectivity index (χ0n) is 12.8. The van der Waals surface area contributed by atoms with Crippen LogP contribution in [0.15, 0.2) is 23.4 Å². The summed E-state index contributed by atoms with van der Waals surface area (Å²) in [5.74, 6) is 1.84. The third-order valence-electron chi connectivity index (χ3n) is 3.56. The molecule has 0 amide bonds. The first-order valence-corrected chi connectivity index (χ1v) is 7.95. The average Bonchev–Trinajstić information content (AvgIpc) is 2.45. The maximum Gasteiger partial charge on any atom is 0.173 e. The van der Waals surface area contributed by atoms with Gasteiger partial charge in [0.05, 0.1) is 12.7 Å². The molecule has 1 heterocycles. The molecule has 0 saturated carbocycles. The molecule has 1 aliphatic heterocycles. The maximum atomic E-state index is 8.88. The van der Waals surface area contributed by atoms with Crippen molar-refractivity contribution in [2.24, 2.45) is 10.9 Å². The van der Waals surface area contributed by atoms with Gasteiger partial charge >= 0.3 is 0 Å². The fourth-order valence-corrected chi connectivity index (χ4v) is 3.79. The lowest BCUT2D eigenvalue weighted by atomic mass is 10.1. The molecule has 3 N–H and O–H groups in total. The van der Waals surface area contributed by atoms with Gasteiger partial charge in [-0.1, -0.05) is 11.2 Å². The van der Waals surface area contributed by atoms with Gasteiger partial charge in [0.2, 0.25) is 0 Å². The number of rotatable bonds is 4. The van der Waals surface area contributed by atoms with Gasteiger partial charge in [-0.25, -0.2) is 0 Å². The number of hydrogen-bond acceptors (Lipinski definition) is 5. The fraction of sp³-hybridized carbons (Fsp3) is 0.533. The third-order valence-corrected chi connectivity index (χ3v) is 4.86. The van der Waals surface area contributed by atoms with Gasteiger partial charge in [0.1, 0.15) is 5.75 Å². The predicted octanol–water partition coefficient (Wildman–Crippen LogP) is 2.12. The highest BCUT2D eigenvalue weighted by Gasteiger charge is 2.27. The van der Waals surface area contributed by atoms with Gasteiger partial charge in [0.25, 0.3) is 0 Å². The molecule has 0 bridgehead atoms. The van der Waals surface area contributed by atoms with Crippen LogP contribution < -0.4 is 10.5 Å². The van der Waals surface area contributed by atoms with Crippen molar-refractivity contribution < 1.29 is 9.94 Å². The SMILES string of the molecule is COc1ccc(CN2CCSC(C)(C)C2)cc1/C(N)=N/O. The van der Waals surface area contributed by atoms with Gasteiger partial charge < -0.3 is 15.7 Å².